The highest BCUT2D eigenvalue weighted by molar-refractivity contribution is 14.0. The summed E-state index contributed by atoms with van der Waals surface area (Å²) in [6.07, 6.45) is 4.32. The van der Waals surface area contributed by atoms with Gasteiger partial charge in [-0.3, -0.25) is 4.99 Å². The molecule has 0 saturated heterocycles. The molecule has 1 aromatic heterocycles. The normalized spacial score (nSPS) is 11.5. The maximum absolute atomic E-state index is 6.01. The van der Waals surface area contributed by atoms with E-state index in [1.807, 2.05) is 38.0 Å². The maximum atomic E-state index is 6.01. The van der Waals surface area contributed by atoms with Crippen molar-refractivity contribution in [2.45, 2.75) is 33.2 Å². The van der Waals surface area contributed by atoms with Crippen molar-refractivity contribution in [3.8, 4) is 0 Å². The van der Waals surface area contributed by atoms with Gasteiger partial charge in [0, 0.05) is 39.6 Å². The maximum Gasteiger partial charge on any atom is 0.193 e. The largest absolute Gasteiger partial charge is 0.356 e. The van der Waals surface area contributed by atoms with Gasteiger partial charge in [0.2, 0.25) is 0 Å². The Balaban J connectivity index is 0.00000400. The number of aromatic nitrogens is 1. The molecule has 1 N–H and O–H groups in total. The third-order valence-corrected chi connectivity index (χ3v) is 3.50. The summed E-state index contributed by atoms with van der Waals surface area (Å²) in [7, 11) is 5.87. The predicted octanol–water partition coefficient (Wildman–Crippen LogP) is 3.74. The van der Waals surface area contributed by atoms with E-state index in [0.717, 1.165) is 30.0 Å². The van der Waals surface area contributed by atoms with E-state index < -0.39 is 0 Å². The molecule has 0 spiro atoms. The van der Waals surface area contributed by atoms with Gasteiger partial charge >= 0.3 is 0 Å². The average Bonchev–Trinajstić information content (AvgIpc) is 2.67. The number of aryl methyl sites for hydroxylation is 1. The Morgan fingerprint density at radius 2 is 2.14 bits per heavy atom. The number of halogens is 2. The lowest BCUT2D eigenvalue weighted by Gasteiger charge is -2.22. The molecule has 0 fully saturated rings. The molecule has 0 aromatic carbocycles. The van der Waals surface area contributed by atoms with Crippen LogP contribution in [0, 0.1) is 5.92 Å². The summed E-state index contributed by atoms with van der Waals surface area (Å²) in [6.45, 7) is 6.25. The first-order chi connectivity index (χ1) is 9.43. The van der Waals surface area contributed by atoms with E-state index >= 15 is 0 Å². The van der Waals surface area contributed by atoms with Crippen LogP contribution in [0.4, 0.5) is 0 Å². The van der Waals surface area contributed by atoms with Crippen LogP contribution < -0.4 is 5.32 Å². The molecule has 122 valence electrons. The lowest BCUT2D eigenvalue weighted by molar-refractivity contribution is 0.457. The third kappa shape index (κ3) is 7.40. The van der Waals surface area contributed by atoms with E-state index in [0.29, 0.717) is 0 Å². The molecule has 6 heteroatoms. The van der Waals surface area contributed by atoms with E-state index in [-0.39, 0.29) is 24.0 Å². The molecule has 0 aliphatic carbocycles. The van der Waals surface area contributed by atoms with Crippen LogP contribution in [0.25, 0.3) is 0 Å². The summed E-state index contributed by atoms with van der Waals surface area (Å²) < 4.78 is 2.05. The Bertz CT molecular complexity index is 443. The summed E-state index contributed by atoms with van der Waals surface area (Å²) >= 11 is 6.01. The van der Waals surface area contributed by atoms with Crippen molar-refractivity contribution >= 4 is 41.5 Å². The van der Waals surface area contributed by atoms with E-state index in [9.17, 15) is 0 Å². The Hall–Kier alpha value is -0.430. The third-order valence-electron chi connectivity index (χ3n) is 3.29. The molecule has 0 aliphatic heterocycles. The molecule has 1 heterocycles. The number of guanidine groups is 1. The Kier molecular flexibility index (Phi) is 10.1. The first kappa shape index (κ1) is 20.6. The van der Waals surface area contributed by atoms with Crippen molar-refractivity contribution < 1.29 is 0 Å². The van der Waals surface area contributed by atoms with E-state index in [1.165, 1.54) is 18.5 Å². The Morgan fingerprint density at radius 1 is 1.48 bits per heavy atom. The SMILES string of the molecule is CN=C(NCCCC(C)C)N(C)Cc1cc(Cl)cn1C.I. The topological polar surface area (TPSA) is 32.6 Å². The zero-order chi connectivity index (χ0) is 15.1. The Morgan fingerprint density at radius 3 is 2.62 bits per heavy atom. The summed E-state index contributed by atoms with van der Waals surface area (Å²) in [5.74, 6) is 1.67. The molecule has 0 unspecified atom stereocenters. The van der Waals surface area contributed by atoms with Crippen molar-refractivity contribution in [3.63, 3.8) is 0 Å². The highest BCUT2D eigenvalue weighted by atomic mass is 127. The molecule has 1 rings (SSSR count). The van der Waals surface area contributed by atoms with Crippen LogP contribution in [0.5, 0.6) is 0 Å². The fourth-order valence-corrected chi connectivity index (χ4v) is 2.41. The van der Waals surface area contributed by atoms with Crippen molar-refractivity contribution in [1.29, 1.82) is 0 Å². The van der Waals surface area contributed by atoms with E-state index in [1.54, 1.807) is 0 Å². The lowest BCUT2D eigenvalue weighted by Crippen LogP contribution is -2.39. The second-order valence-corrected chi connectivity index (χ2v) is 6.06. The molecule has 0 atom stereocenters. The molecule has 0 radical (unpaired) electrons. The van der Waals surface area contributed by atoms with Crippen LogP contribution >= 0.6 is 35.6 Å². The fraction of sp³-hybridized carbons (Fsp3) is 0.667. The van der Waals surface area contributed by atoms with Gasteiger partial charge in [-0.05, 0) is 24.8 Å². The first-order valence-corrected chi connectivity index (χ1v) is 7.54. The van der Waals surface area contributed by atoms with E-state index in [2.05, 4.69) is 29.1 Å². The summed E-state index contributed by atoms with van der Waals surface area (Å²) in [4.78, 5) is 6.44. The smallest absolute Gasteiger partial charge is 0.193 e. The molecular weight excluding hydrogens is 399 g/mol. The second-order valence-electron chi connectivity index (χ2n) is 5.63. The quantitative estimate of drug-likeness (QED) is 0.325. The van der Waals surface area contributed by atoms with Gasteiger partial charge in [0.1, 0.15) is 0 Å². The minimum Gasteiger partial charge on any atom is -0.356 e. The number of aliphatic imine (C=N–C) groups is 1. The van der Waals surface area contributed by atoms with E-state index in [4.69, 9.17) is 11.6 Å². The van der Waals surface area contributed by atoms with Crippen molar-refractivity contribution in [2.75, 3.05) is 20.6 Å². The van der Waals surface area contributed by atoms with Crippen molar-refractivity contribution in [3.05, 3.63) is 23.0 Å². The summed E-state index contributed by atoms with van der Waals surface area (Å²) in [5.41, 5.74) is 1.17. The molecule has 4 nitrogen and oxygen atoms in total. The Labute approximate surface area is 151 Å². The molecule has 0 bridgehead atoms. The van der Waals surface area contributed by atoms with Crippen LogP contribution in [0.2, 0.25) is 5.02 Å². The lowest BCUT2D eigenvalue weighted by atomic mass is 10.1. The first-order valence-electron chi connectivity index (χ1n) is 7.16. The van der Waals surface area contributed by atoms with Gasteiger partial charge in [-0.15, -0.1) is 24.0 Å². The molecule has 21 heavy (non-hydrogen) atoms. The number of nitrogens with one attached hydrogen (secondary N) is 1. The standard InChI is InChI=1S/C15H27ClN4.HI/c1-12(2)7-6-8-18-15(17-3)20(5)11-14-9-13(16)10-19(14)4;/h9-10,12H,6-8,11H2,1-5H3,(H,17,18);1H. The highest BCUT2D eigenvalue weighted by Gasteiger charge is 2.09. The molecular formula is C15H28ClIN4. The summed E-state index contributed by atoms with van der Waals surface area (Å²) in [5, 5.41) is 4.18. The zero-order valence-corrected chi connectivity index (χ0v) is 16.8. The van der Waals surface area contributed by atoms with Gasteiger partial charge in [0.05, 0.1) is 11.6 Å². The average molecular weight is 427 g/mol. The van der Waals surface area contributed by atoms with Crippen LogP contribution in [0.15, 0.2) is 17.3 Å². The zero-order valence-electron chi connectivity index (χ0n) is 13.7. The van der Waals surface area contributed by atoms with Gasteiger partial charge in [-0.25, -0.2) is 0 Å². The molecule has 0 aliphatic rings. The monoisotopic (exact) mass is 426 g/mol. The minimum absolute atomic E-state index is 0. The van der Waals surface area contributed by atoms with Crippen LogP contribution in [-0.2, 0) is 13.6 Å². The highest BCUT2D eigenvalue weighted by Crippen LogP contribution is 2.14. The minimum atomic E-state index is 0. The second kappa shape index (κ2) is 10.3. The van der Waals surface area contributed by atoms with Crippen LogP contribution in [0.3, 0.4) is 0 Å². The van der Waals surface area contributed by atoms with Crippen LogP contribution in [0.1, 0.15) is 32.4 Å². The molecule has 0 amide bonds. The predicted molar refractivity (Wildman–Crippen MR) is 103 cm³/mol. The number of hydrogen-bond acceptors (Lipinski definition) is 1. The summed E-state index contributed by atoms with van der Waals surface area (Å²) in [6, 6.07) is 1.99. The fourth-order valence-electron chi connectivity index (χ4n) is 2.14. The van der Waals surface area contributed by atoms with Crippen LogP contribution in [-0.4, -0.2) is 36.1 Å². The van der Waals surface area contributed by atoms with Gasteiger partial charge < -0.3 is 14.8 Å². The van der Waals surface area contributed by atoms with Gasteiger partial charge in [-0.1, -0.05) is 25.4 Å². The van der Waals surface area contributed by atoms with Crippen molar-refractivity contribution in [2.24, 2.45) is 18.0 Å². The molecule has 1 aromatic rings. The molecule has 0 saturated carbocycles. The number of hydrogen-bond donors (Lipinski definition) is 1. The van der Waals surface area contributed by atoms with Gasteiger partial charge in [-0.2, -0.15) is 0 Å². The number of rotatable bonds is 6. The van der Waals surface area contributed by atoms with Gasteiger partial charge in [0.25, 0.3) is 0 Å². The van der Waals surface area contributed by atoms with Gasteiger partial charge in [0.15, 0.2) is 5.96 Å². The number of nitrogens with zero attached hydrogens (tertiary/aromatic N) is 3. The van der Waals surface area contributed by atoms with Crippen molar-refractivity contribution in [1.82, 2.24) is 14.8 Å².